The van der Waals surface area contributed by atoms with Gasteiger partial charge in [0.25, 0.3) is 0 Å². The lowest BCUT2D eigenvalue weighted by Gasteiger charge is -2.30. The number of tetrazole rings is 1. The van der Waals surface area contributed by atoms with Crippen molar-refractivity contribution in [1.82, 2.24) is 30.4 Å². The number of nitrogens with zero attached hydrogens (tertiary/aromatic N) is 6. The quantitative estimate of drug-likeness (QED) is 0.169. The number of rotatable bonds is 16. The van der Waals surface area contributed by atoms with Crippen molar-refractivity contribution in [1.29, 1.82) is 5.26 Å². The Morgan fingerprint density at radius 1 is 1.19 bits per heavy atom. The van der Waals surface area contributed by atoms with E-state index < -0.39 is 6.04 Å². The molecule has 0 fully saturated rings. The number of hydrogen-bond acceptors (Lipinski definition) is 8. The summed E-state index contributed by atoms with van der Waals surface area (Å²) in [6.45, 7) is 10.8. The molecule has 1 aromatic heterocycles. The highest BCUT2D eigenvalue weighted by atomic mass is 35.5. The van der Waals surface area contributed by atoms with E-state index in [4.69, 9.17) is 26.3 Å². The summed E-state index contributed by atoms with van der Waals surface area (Å²) in [5, 5.41) is 24.7. The first kappa shape index (κ1) is 32.1. The lowest BCUT2D eigenvalue weighted by Crippen LogP contribution is -2.42. The molecule has 42 heavy (non-hydrogen) atoms. The Kier molecular flexibility index (Phi) is 12.8. The molecule has 0 aliphatic carbocycles. The number of nitrogens with one attached hydrogen (secondary N) is 1. The first-order valence-electron chi connectivity index (χ1n) is 13.6. The van der Waals surface area contributed by atoms with Crippen LogP contribution in [0.15, 0.2) is 90.4 Å². The molecule has 0 spiro atoms. The Morgan fingerprint density at radius 2 is 1.93 bits per heavy atom. The summed E-state index contributed by atoms with van der Waals surface area (Å²) >= 11 is 6.32. The molecule has 1 heterocycles. The molecule has 0 aliphatic rings. The molecule has 11 heteroatoms. The first-order chi connectivity index (χ1) is 20.3. The van der Waals surface area contributed by atoms with Crippen molar-refractivity contribution in [3.05, 3.63) is 101 Å². The number of benzene rings is 2. The van der Waals surface area contributed by atoms with Crippen LogP contribution in [0.25, 0.3) is 0 Å². The topological polar surface area (TPSA) is 118 Å². The summed E-state index contributed by atoms with van der Waals surface area (Å²) in [5.41, 5.74) is 1.38. The van der Waals surface area contributed by atoms with Gasteiger partial charge in [-0.25, -0.2) is 4.68 Å². The maximum Gasteiger partial charge on any atom is 0.238 e. The van der Waals surface area contributed by atoms with Gasteiger partial charge in [-0.3, -0.25) is 9.69 Å². The van der Waals surface area contributed by atoms with Crippen LogP contribution in [0, 0.1) is 11.3 Å². The van der Waals surface area contributed by atoms with Gasteiger partial charge in [0.05, 0.1) is 30.6 Å². The fourth-order valence-electron chi connectivity index (χ4n) is 4.04. The van der Waals surface area contributed by atoms with Gasteiger partial charge in [0.1, 0.15) is 29.9 Å². The highest BCUT2D eigenvalue weighted by molar-refractivity contribution is 6.32. The number of amides is 1. The van der Waals surface area contributed by atoms with Crippen LogP contribution in [0.4, 0.5) is 0 Å². The molecule has 3 rings (SSSR count). The molecule has 3 aromatic rings. The van der Waals surface area contributed by atoms with Crippen LogP contribution in [0.5, 0.6) is 11.5 Å². The van der Waals surface area contributed by atoms with Crippen molar-refractivity contribution in [2.24, 2.45) is 0 Å². The molecule has 1 N–H and O–H groups in total. The lowest BCUT2D eigenvalue weighted by molar-refractivity contribution is -0.122. The Morgan fingerprint density at radius 3 is 2.62 bits per heavy atom. The second kappa shape index (κ2) is 16.7. The van der Waals surface area contributed by atoms with Crippen molar-refractivity contribution in [2.75, 3.05) is 19.7 Å². The number of nitriles is 1. The third-order valence-corrected chi connectivity index (χ3v) is 6.35. The summed E-state index contributed by atoms with van der Waals surface area (Å²) in [6, 6.07) is 18.2. The van der Waals surface area contributed by atoms with Crippen molar-refractivity contribution in [3.8, 4) is 17.6 Å². The number of carbonyl (C=O) groups is 1. The van der Waals surface area contributed by atoms with Crippen molar-refractivity contribution >= 4 is 17.5 Å². The molecule has 0 radical (unpaired) electrons. The second-order valence-electron chi connectivity index (χ2n) is 9.52. The number of aryl methyl sites for hydroxylation is 1. The Hall–Kier alpha value is -4.46. The number of ether oxygens (including phenoxy) is 2. The molecule has 1 amide bonds. The largest absolute Gasteiger partial charge is 0.490 e. The van der Waals surface area contributed by atoms with Crippen LogP contribution in [0.2, 0.25) is 5.02 Å². The van der Waals surface area contributed by atoms with Gasteiger partial charge in [-0.05, 0) is 79.2 Å². The SMILES string of the molecule is C=C(C)/C(=C\C=C(/C)NC(=O)CN(CCC)C(COc1ccccc1Cl)c1nnnn1CCC#N)Oc1ccccc1. The van der Waals surface area contributed by atoms with E-state index in [1.165, 1.54) is 0 Å². The molecular formula is C31H36ClN7O3. The summed E-state index contributed by atoms with van der Waals surface area (Å²) in [6.07, 6.45) is 4.56. The van der Waals surface area contributed by atoms with Crippen LogP contribution < -0.4 is 14.8 Å². The minimum Gasteiger partial charge on any atom is -0.490 e. The predicted octanol–water partition coefficient (Wildman–Crippen LogP) is 5.63. The third kappa shape index (κ3) is 9.87. The van der Waals surface area contributed by atoms with Gasteiger partial charge in [0.15, 0.2) is 5.82 Å². The average Bonchev–Trinajstić information content (AvgIpc) is 3.43. The summed E-state index contributed by atoms with van der Waals surface area (Å²) in [4.78, 5) is 15.2. The van der Waals surface area contributed by atoms with Crippen molar-refractivity contribution < 1.29 is 14.3 Å². The zero-order chi connectivity index (χ0) is 30.3. The Labute approximate surface area is 251 Å². The Bertz CT molecular complexity index is 1430. The highest BCUT2D eigenvalue weighted by Crippen LogP contribution is 2.26. The maximum atomic E-state index is 13.2. The van der Waals surface area contributed by atoms with E-state index in [0.717, 1.165) is 12.0 Å². The standard InChI is InChI=1S/C31H36ClN7O3/c1-5-19-38(21-30(40)34-24(4)16-17-28(23(2)3)42-25-12-7-6-8-13-25)27(22-41-29-15-10-9-14-26(29)32)31-35-36-37-39(31)20-11-18-33/h6-10,12-17,27H,2,5,11,19-22H2,1,3-4H3,(H,34,40)/b24-16+,28-17+. The fraction of sp³-hybridized carbons (Fsp3) is 0.323. The van der Waals surface area contributed by atoms with Crippen molar-refractivity contribution in [3.63, 3.8) is 0 Å². The van der Waals surface area contributed by atoms with Crippen LogP contribution in [-0.2, 0) is 11.3 Å². The molecule has 0 saturated carbocycles. The third-order valence-electron chi connectivity index (χ3n) is 6.04. The number of aromatic nitrogens is 4. The predicted molar refractivity (Wildman–Crippen MR) is 161 cm³/mol. The zero-order valence-corrected chi connectivity index (χ0v) is 24.9. The van der Waals surface area contributed by atoms with E-state index >= 15 is 0 Å². The molecule has 2 aromatic carbocycles. The molecular weight excluding hydrogens is 554 g/mol. The van der Waals surface area contributed by atoms with Gasteiger partial charge in [0, 0.05) is 5.70 Å². The summed E-state index contributed by atoms with van der Waals surface area (Å²) in [5.74, 6) is 2.07. The molecule has 10 nitrogen and oxygen atoms in total. The van der Waals surface area contributed by atoms with Gasteiger partial charge >= 0.3 is 0 Å². The fourth-order valence-corrected chi connectivity index (χ4v) is 4.23. The van der Waals surface area contributed by atoms with E-state index in [9.17, 15) is 4.79 Å². The Balaban J connectivity index is 1.78. The monoisotopic (exact) mass is 589 g/mol. The van der Waals surface area contributed by atoms with Crippen LogP contribution in [0.1, 0.15) is 45.5 Å². The van der Waals surface area contributed by atoms with Gasteiger partial charge in [-0.15, -0.1) is 5.10 Å². The van der Waals surface area contributed by atoms with Crippen molar-refractivity contribution in [2.45, 2.75) is 46.2 Å². The molecule has 0 aliphatic heterocycles. The number of carbonyl (C=O) groups excluding carboxylic acids is 1. The smallest absolute Gasteiger partial charge is 0.238 e. The lowest BCUT2D eigenvalue weighted by atomic mass is 10.2. The summed E-state index contributed by atoms with van der Waals surface area (Å²) < 4.78 is 13.6. The number of hydrogen-bond donors (Lipinski definition) is 1. The molecule has 0 saturated heterocycles. The van der Waals surface area contributed by atoms with E-state index in [1.807, 2.05) is 61.2 Å². The number of halogens is 1. The van der Waals surface area contributed by atoms with Gasteiger partial charge < -0.3 is 14.8 Å². The highest BCUT2D eigenvalue weighted by Gasteiger charge is 2.28. The van der Waals surface area contributed by atoms with E-state index in [1.54, 1.807) is 35.9 Å². The molecule has 220 valence electrons. The maximum absolute atomic E-state index is 13.2. The van der Waals surface area contributed by atoms with Crippen LogP contribution in [-0.4, -0.2) is 50.7 Å². The summed E-state index contributed by atoms with van der Waals surface area (Å²) in [7, 11) is 0. The van der Waals surface area contributed by atoms with E-state index in [-0.39, 0.29) is 25.5 Å². The van der Waals surface area contributed by atoms with Crippen LogP contribution >= 0.6 is 11.6 Å². The van der Waals surface area contributed by atoms with Gasteiger partial charge in [-0.1, -0.05) is 55.4 Å². The van der Waals surface area contributed by atoms with Gasteiger partial charge in [0.2, 0.25) is 5.91 Å². The second-order valence-corrected chi connectivity index (χ2v) is 9.93. The van der Waals surface area contributed by atoms with E-state index in [2.05, 4.69) is 33.5 Å². The van der Waals surface area contributed by atoms with E-state index in [0.29, 0.717) is 46.9 Å². The molecule has 1 unspecified atom stereocenters. The van der Waals surface area contributed by atoms with Crippen LogP contribution in [0.3, 0.4) is 0 Å². The molecule has 1 atom stereocenters. The first-order valence-corrected chi connectivity index (χ1v) is 14.0. The number of para-hydroxylation sites is 2. The average molecular weight is 590 g/mol. The normalized spacial score (nSPS) is 12.5. The zero-order valence-electron chi connectivity index (χ0n) is 24.2. The minimum absolute atomic E-state index is 0.0538. The minimum atomic E-state index is -0.487. The molecule has 0 bridgehead atoms. The number of allylic oxidation sites excluding steroid dienone is 4. The van der Waals surface area contributed by atoms with Gasteiger partial charge in [-0.2, -0.15) is 5.26 Å².